The Kier molecular flexibility index (Phi) is 4.16. The molecule has 94 valence electrons. The van der Waals surface area contributed by atoms with Crippen LogP contribution in [0, 0.1) is 6.92 Å². The van der Waals surface area contributed by atoms with E-state index in [1.807, 2.05) is 18.2 Å². The van der Waals surface area contributed by atoms with Gasteiger partial charge in [-0.2, -0.15) is 0 Å². The maximum Gasteiger partial charge on any atom is 0.0684 e. The monoisotopic (exact) mass is 240 g/mol. The predicted octanol–water partition coefficient (Wildman–Crippen LogP) is 3.64. The third-order valence-electron chi connectivity index (χ3n) is 3.41. The minimum Gasteiger partial charge on any atom is -0.392 e. The fourth-order valence-electron chi connectivity index (χ4n) is 2.35. The molecule has 1 N–H and O–H groups in total. The highest BCUT2D eigenvalue weighted by molar-refractivity contribution is 5.38. The summed E-state index contributed by atoms with van der Waals surface area (Å²) in [6.45, 7) is 4.43. The Morgan fingerprint density at radius 1 is 0.889 bits per heavy atom. The summed E-state index contributed by atoms with van der Waals surface area (Å²) in [5, 5.41) is 9.37. The van der Waals surface area contributed by atoms with Gasteiger partial charge in [0.1, 0.15) is 0 Å². The number of aliphatic hydroxyl groups excluding tert-OH is 1. The van der Waals surface area contributed by atoms with Gasteiger partial charge in [-0.3, -0.25) is 0 Å². The van der Waals surface area contributed by atoms with Crippen LogP contribution in [-0.2, 0) is 19.4 Å². The van der Waals surface area contributed by atoms with Gasteiger partial charge in [-0.1, -0.05) is 55.0 Å². The largest absolute Gasteiger partial charge is 0.392 e. The summed E-state index contributed by atoms with van der Waals surface area (Å²) in [7, 11) is 0. The molecule has 0 fully saturated rings. The van der Waals surface area contributed by atoms with E-state index in [0.717, 1.165) is 18.4 Å². The topological polar surface area (TPSA) is 20.2 Å². The van der Waals surface area contributed by atoms with Gasteiger partial charge in [0, 0.05) is 0 Å². The van der Waals surface area contributed by atoms with Crippen molar-refractivity contribution in [3.05, 3.63) is 70.3 Å². The molecule has 0 bridgehead atoms. The lowest BCUT2D eigenvalue weighted by molar-refractivity contribution is 0.281. The molecule has 0 spiro atoms. The minimum absolute atomic E-state index is 0.115. The molecule has 1 nitrogen and oxygen atoms in total. The first-order valence-corrected chi connectivity index (χ1v) is 6.50. The zero-order chi connectivity index (χ0) is 13.0. The van der Waals surface area contributed by atoms with E-state index in [9.17, 15) is 5.11 Å². The Balaban J connectivity index is 2.33. The molecule has 0 saturated carbocycles. The normalized spacial score (nSPS) is 10.6. The van der Waals surface area contributed by atoms with Gasteiger partial charge < -0.3 is 5.11 Å². The smallest absolute Gasteiger partial charge is 0.0684 e. The molecule has 18 heavy (non-hydrogen) atoms. The fraction of sp³-hybridized carbons (Fsp3) is 0.294. The van der Waals surface area contributed by atoms with Gasteiger partial charge in [0.2, 0.25) is 0 Å². The first-order valence-electron chi connectivity index (χ1n) is 6.50. The van der Waals surface area contributed by atoms with Crippen LogP contribution < -0.4 is 0 Å². The van der Waals surface area contributed by atoms with Gasteiger partial charge in [0.05, 0.1) is 6.61 Å². The molecule has 0 amide bonds. The molecule has 0 aliphatic heterocycles. The summed E-state index contributed by atoms with van der Waals surface area (Å²) in [6.07, 6.45) is 1.96. The van der Waals surface area contributed by atoms with Crippen molar-refractivity contribution >= 4 is 0 Å². The predicted molar refractivity (Wildman–Crippen MR) is 75.7 cm³/mol. The second-order valence-electron chi connectivity index (χ2n) is 4.73. The lowest BCUT2D eigenvalue weighted by Gasteiger charge is -2.11. The van der Waals surface area contributed by atoms with Gasteiger partial charge in [-0.05, 0) is 42.0 Å². The van der Waals surface area contributed by atoms with Crippen LogP contribution in [0.15, 0.2) is 42.5 Å². The molecule has 0 atom stereocenters. The molecule has 0 saturated heterocycles. The molecule has 2 aromatic carbocycles. The van der Waals surface area contributed by atoms with E-state index >= 15 is 0 Å². The van der Waals surface area contributed by atoms with Crippen molar-refractivity contribution < 1.29 is 5.11 Å². The van der Waals surface area contributed by atoms with E-state index in [0.29, 0.717) is 0 Å². The van der Waals surface area contributed by atoms with Crippen molar-refractivity contribution in [3.63, 3.8) is 0 Å². The highest BCUT2D eigenvalue weighted by Gasteiger charge is 2.05. The van der Waals surface area contributed by atoms with Crippen molar-refractivity contribution in [3.8, 4) is 0 Å². The molecular formula is C17H20O. The Morgan fingerprint density at radius 2 is 1.56 bits per heavy atom. The maximum atomic E-state index is 9.37. The Hall–Kier alpha value is -1.60. The van der Waals surface area contributed by atoms with Gasteiger partial charge in [-0.15, -0.1) is 0 Å². The quantitative estimate of drug-likeness (QED) is 0.865. The van der Waals surface area contributed by atoms with E-state index < -0.39 is 0 Å². The van der Waals surface area contributed by atoms with Crippen molar-refractivity contribution in [2.45, 2.75) is 33.3 Å². The first-order chi connectivity index (χ1) is 8.74. The third-order valence-corrected chi connectivity index (χ3v) is 3.41. The van der Waals surface area contributed by atoms with E-state index in [-0.39, 0.29) is 6.61 Å². The third kappa shape index (κ3) is 2.80. The zero-order valence-corrected chi connectivity index (χ0v) is 11.1. The molecule has 1 heteroatoms. The van der Waals surface area contributed by atoms with E-state index in [1.54, 1.807) is 0 Å². The Morgan fingerprint density at radius 3 is 2.22 bits per heavy atom. The van der Waals surface area contributed by atoms with Gasteiger partial charge >= 0.3 is 0 Å². The summed E-state index contributed by atoms with van der Waals surface area (Å²) < 4.78 is 0. The zero-order valence-electron chi connectivity index (χ0n) is 11.1. The second-order valence-corrected chi connectivity index (χ2v) is 4.73. The van der Waals surface area contributed by atoms with Gasteiger partial charge in [0.15, 0.2) is 0 Å². The summed E-state index contributed by atoms with van der Waals surface area (Å²) in [4.78, 5) is 0. The van der Waals surface area contributed by atoms with E-state index in [2.05, 4.69) is 38.1 Å². The lowest BCUT2D eigenvalue weighted by Crippen LogP contribution is -1.99. The van der Waals surface area contributed by atoms with E-state index in [4.69, 9.17) is 0 Å². The average Bonchev–Trinajstić information content (AvgIpc) is 2.41. The number of hydrogen-bond donors (Lipinski definition) is 1. The van der Waals surface area contributed by atoms with Crippen LogP contribution in [0.4, 0.5) is 0 Å². The molecule has 0 aliphatic carbocycles. The van der Waals surface area contributed by atoms with Crippen LogP contribution >= 0.6 is 0 Å². The summed E-state index contributed by atoms with van der Waals surface area (Å²) in [5.41, 5.74) is 6.33. The Bertz CT molecular complexity index is 529. The highest BCUT2D eigenvalue weighted by Crippen LogP contribution is 2.19. The van der Waals surface area contributed by atoms with Crippen LogP contribution in [0.5, 0.6) is 0 Å². The standard InChI is InChI=1S/C17H20O/c1-3-14-10-13(2)8-9-16(14)11-15-6-4-5-7-17(15)12-18/h4-10,18H,3,11-12H2,1-2H3. The van der Waals surface area contributed by atoms with Crippen molar-refractivity contribution in [1.82, 2.24) is 0 Å². The summed E-state index contributed by atoms with van der Waals surface area (Å²) in [5.74, 6) is 0. The Labute approximate surface area is 109 Å². The molecule has 0 unspecified atom stereocenters. The van der Waals surface area contributed by atoms with Gasteiger partial charge in [0.25, 0.3) is 0 Å². The average molecular weight is 240 g/mol. The number of hydrogen-bond acceptors (Lipinski definition) is 1. The fourth-order valence-corrected chi connectivity index (χ4v) is 2.35. The molecule has 2 rings (SSSR count). The van der Waals surface area contributed by atoms with Crippen LogP contribution in [-0.4, -0.2) is 5.11 Å². The molecule has 0 heterocycles. The molecule has 2 aromatic rings. The molecule has 0 aliphatic rings. The maximum absolute atomic E-state index is 9.37. The number of aryl methyl sites for hydroxylation is 2. The number of aliphatic hydroxyl groups is 1. The first kappa shape index (κ1) is 12.8. The summed E-state index contributed by atoms with van der Waals surface area (Å²) >= 11 is 0. The number of benzene rings is 2. The van der Waals surface area contributed by atoms with Crippen molar-refractivity contribution in [1.29, 1.82) is 0 Å². The van der Waals surface area contributed by atoms with Crippen LogP contribution in [0.2, 0.25) is 0 Å². The second kappa shape index (κ2) is 5.83. The van der Waals surface area contributed by atoms with Crippen molar-refractivity contribution in [2.75, 3.05) is 0 Å². The minimum atomic E-state index is 0.115. The molecule has 0 aromatic heterocycles. The van der Waals surface area contributed by atoms with Crippen LogP contribution in [0.3, 0.4) is 0 Å². The highest BCUT2D eigenvalue weighted by atomic mass is 16.3. The summed E-state index contributed by atoms with van der Waals surface area (Å²) in [6, 6.07) is 14.7. The van der Waals surface area contributed by atoms with E-state index in [1.165, 1.54) is 22.3 Å². The molecule has 0 radical (unpaired) electrons. The van der Waals surface area contributed by atoms with Crippen molar-refractivity contribution in [2.24, 2.45) is 0 Å². The number of rotatable bonds is 4. The van der Waals surface area contributed by atoms with Gasteiger partial charge in [-0.25, -0.2) is 0 Å². The SMILES string of the molecule is CCc1cc(C)ccc1Cc1ccccc1CO. The van der Waals surface area contributed by atoms with Crippen LogP contribution in [0.25, 0.3) is 0 Å². The van der Waals surface area contributed by atoms with Crippen LogP contribution in [0.1, 0.15) is 34.7 Å². The lowest BCUT2D eigenvalue weighted by atomic mass is 9.94. The molecular weight excluding hydrogens is 220 g/mol.